The van der Waals surface area contributed by atoms with E-state index >= 15 is 0 Å². The molecule has 0 bridgehead atoms. The Hall–Kier alpha value is -2.41. The van der Waals surface area contributed by atoms with Crippen LogP contribution in [0.4, 0.5) is 4.79 Å². The first-order valence-electron chi connectivity index (χ1n) is 8.23. The molecule has 1 aliphatic carbocycles. The number of carbonyl (C=O) groups is 1. The quantitative estimate of drug-likeness (QED) is 0.810. The topological polar surface area (TPSA) is 91.5 Å². The second kappa shape index (κ2) is 7.44. The number of aliphatic hydroxyl groups is 1. The minimum absolute atomic E-state index is 0.0242. The van der Waals surface area contributed by atoms with Crippen LogP contribution < -0.4 is 5.32 Å². The summed E-state index contributed by atoms with van der Waals surface area (Å²) in [6, 6.07) is 9.72. The lowest BCUT2D eigenvalue weighted by Gasteiger charge is -2.22. The first-order chi connectivity index (χ1) is 11.7. The lowest BCUT2D eigenvalue weighted by Crippen LogP contribution is -2.44. The van der Waals surface area contributed by atoms with E-state index in [-0.39, 0.29) is 24.6 Å². The van der Waals surface area contributed by atoms with Gasteiger partial charge in [-0.15, -0.1) is 0 Å². The first kappa shape index (κ1) is 16.4. The van der Waals surface area contributed by atoms with Crippen LogP contribution in [0.25, 0.3) is 11.4 Å². The molecule has 0 saturated heterocycles. The third kappa shape index (κ3) is 3.91. The zero-order chi connectivity index (χ0) is 16.9. The van der Waals surface area contributed by atoms with Crippen LogP contribution in [0.15, 0.2) is 34.9 Å². The van der Waals surface area contributed by atoms with Gasteiger partial charge in [0, 0.05) is 24.7 Å². The maximum absolute atomic E-state index is 12.2. The lowest BCUT2D eigenvalue weighted by molar-refractivity contribution is 0.173. The molecule has 1 aromatic heterocycles. The molecular weight excluding hydrogens is 308 g/mol. The highest BCUT2D eigenvalue weighted by Crippen LogP contribution is 2.26. The molecule has 0 aliphatic heterocycles. The Labute approximate surface area is 140 Å². The molecule has 7 heteroatoms. The molecule has 7 nitrogen and oxygen atoms in total. The summed E-state index contributed by atoms with van der Waals surface area (Å²) >= 11 is 0. The molecule has 1 unspecified atom stereocenters. The summed E-state index contributed by atoms with van der Waals surface area (Å²) in [5.41, 5.74) is 0.895. The standard InChI is InChI=1S/C17H22N4O3/c1-12(11-18-17(23)21(9-10-22)14-7-8-14)16-19-15(20-24-16)13-5-3-2-4-6-13/h2-6,12,14,22H,7-11H2,1H3,(H,18,23). The van der Waals surface area contributed by atoms with Crippen molar-refractivity contribution in [2.24, 2.45) is 0 Å². The minimum atomic E-state index is -0.152. The molecule has 1 saturated carbocycles. The molecule has 2 aromatic rings. The molecule has 1 heterocycles. The number of hydrogen-bond donors (Lipinski definition) is 2. The number of hydrogen-bond acceptors (Lipinski definition) is 5. The van der Waals surface area contributed by atoms with E-state index in [1.165, 1.54) is 0 Å². The maximum atomic E-state index is 12.2. The van der Waals surface area contributed by atoms with Gasteiger partial charge in [0.1, 0.15) is 0 Å². The van der Waals surface area contributed by atoms with Crippen LogP contribution in [0.1, 0.15) is 31.6 Å². The van der Waals surface area contributed by atoms with E-state index in [4.69, 9.17) is 9.63 Å². The van der Waals surface area contributed by atoms with E-state index in [0.717, 1.165) is 18.4 Å². The van der Waals surface area contributed by atoms with Gasteiger partial charge in [-0.3, -0.25) is 0 Å². The van der Waals surface area contributed by atoms with Crippen LogP contribution in [0.2, 0.25) is 0 Å². The molecule has 3 rings (SSSR count). The number of carbonyl (C=O) groups excluding carboxylic acids is 1. The molecule has 0 spiro atoms. The van der Waals surface area contributed by atoms with Gasteiger partial charge < -0.3 is 19.8 Å². The predicted molar refractivity (Wildman–Crippen MR) is 88.4 cm³/mol. The van der Waals surface area contributed by atoms with Crippen LogP contribution >= 0.6 is 0 Å². The Balaban J connectivity index is 1.56. The highest BCUT2D eigenvalue weighted by molar-refractivity contribution is 5.75. The average Bonchev–Trinajstić information content (AvgIpc) is 3.33. The van der Waals surface area contributed by atoms with Crippen LogP contribution in [0.3, 0.4) is 0 Å². The van der Waals surface area contributed by atoms with Crippen molar-refractivity contribution < 1.29 is 14.4 Å². The highest BCUT2D eigenvalue weighted by atomic mass is 16.5. The number of benzene rings is 1. The number of rotatable bonds is 7. The van der Waals surface area contributed by atoms with E-state index in [9.17, 15) is 4.79 Å². The molecule has 24 heavy (non-hydrogen) atoms. The second-order valence-corrected chi connectivity index (χ2v) is 6.06. The van der Waals surface area contributed by atoms with E-state index < -0.39 is 0 Å². The fraction of sp³-hybridized carbons (Fsp3) is 0.471. The summed E-state index contributed by atoms with van der Waals surface area (Å²) in [7, 11) is 0. The van der Waals surface area contributed by atoms with Gasteiger partial charge in [0.15, 0.2) is 0 Å². The first-order valence-corrected chi connectivity index (χ1v) is 8.23. The molecule has 1 aliphatic rings. The van der Waals surface area contributed by atoms with Crippen molar-refractivity contribution in [3.05, 3.63) is 36.2 Å². The van der Waals surface area contributed by atoms with E-state index in [1.54, 1.807) is 4.90 Å². The Morgan fingerprint density at radius 3 is 2.83 bits per heavy atom. The Bertz CT molecular complexity index is 669. The van der Waals surface area contributed by atoms with Gasteiger partial charge >= 0.3 is 6.03 Å². The van der Waals surface area contributed by atoms with Crippen molar-refractivity contribution in [1.29, 1.82) is 0 Å². The second-order valence-electron chi connectivity index (χ2n) is 6.06. The maximum Gasteiger partial charge on any atom is 0.317 e. The fourth-order valence-corrected chi connectivity index (χ4v) is 2.51. The summed E-state index contributed by atoms with van der Waals surface area (Å²) in [4.78, 5) is 18.3. The fourth-order valence-electron chi connectivity index (χ4n) is 2.51. The van der Waals surface area contributed by atoms with Crippen LogP contribution in [0.5, 0.6) is 0 Å². The number of nitrogens with one attached hydrogen (secondary N) is 1. The molecule has 0 radical (unpaired) electrons. The van der Waals surface area contributed by atoms with Crippen molar-refractivity contribution in [2.45, 2.75) is 31.7 Å². The van der Waals surface area contributed by atoms with Crippen LogP contribution in [-0.2, 0) is 0 Å². The van der Waals surface area contributed by atoms with Crippen LogP contribution in [-0.4, -0.2) is 51.9 Å². The molecule has 2 amide bonds. The highest BCUT2D eigenvalue weighted by Gasteiger charge is 2.32. The minimum Gasteiger partial charge on any atom is -0.395 e. The number of urea groups is 1. The van der Waals surface area contributed by atoms with Gasteiger partial charge in [-0.25, -0.2) is 4.79 Å². The van der Waals surface area contributed by atoms with Crippen molar-refractivity contribution in [3.63, 3.8) is 0 Å². The smallest absolute Gasteiger partial charge is 0.317 e. The SMILES string of the molecule is CC(CNC(=O)N(CCO)C1CC1)c1nc(-c2ccccc2)no1. The monoisotopic (exact) mass is 330 g/mol. The normalized spacial score (nSPS) is 15.1. The lowest BCUT2D eigenvalue weighted by atomic mass is 10.2. The molecule has 2 N–H and O–H groups in total. The summed E-state index contributed by atoms with van der Waals surface area (Å²) in [5.74, 6) is 0.951. The average molecular weight is 330 g/mol. The number of amides is 2. The zero-order valence-corrected chi connectivity index (χ0v) is 13.7. The van der Waals surface area contributed by atoms with Gasteiger partial charge in [-0.1, -0.05) is 42.4 Å². The molecule has 128 valence electrons. The predicted octanol–water partition coefficient (Wildman–Crippen LogP) is 2.01. The van der Waals surface area contributed by atoms with Gasteiger partial charge in [0.05, 0.1) is 12.5 Å². The third-order valence-corrected chi connectivity index (χ3v) is 4.04. The van der Waals surface area contributed by atoms with E-state index in [2.05, 4.69) is 15.5 Å². The van der Waals surface area contributed by atoms with Gasteiger partial charge in [0.25, 0.3) is 0 Å². The van der Waals surface area contributed by atoms with Crippen molar-refractivity contribution in [3.8, 4) is 11.4 Å². The molecule has 1 fully saturated rings. The number of aliphatic hydroxyl groups excluding tert-OH is 1. The van der Waals surface area contributed by atoms with E-state index in [0.29, 0.717) is 24.8 Å². The molecule has 1 aromatic carbocycles. The summed E-state index contributed by atoms with van der Waals surface area (Å²) in [6.07, 6.45) is 2.01. The van der Waals surface area contributed by atoms with Crippen molar-refractivity contribution in [2.75, 3.05) is 19.7 Å². The number of nitrogens with zero attached hydrogens (tertiary/aromatic N) is 3. The van der Waals surface area contributed by atoms with Gasteiger partial charge in [-0.05, 0) is 12.8 Å². The summed E-state index contributed by atoms with van der Waals surface area (Å²) in [5, 5.41) is 16.0. The Morgan fingerprint density at radius 2 is 2.17 bits per heavy atom. The summed E-state index contributed by atoms with van der Waals surface area (Å²) < 4.78 is 5.31. The van der Waals surface area contributed by atoms with Gasteiger partial charge in [-0.2, -0.15) is 4.98 Å². The van der Waals surface area contributed by atoms with Crippen LogP contribution in [0, 0.1) is 0 Å². The number of aromatic nitrogens is 2. The molecule has 1 atom stereocenters. The zero-order valence-electron chi connectivity index (χ0n) is 13.7. The van der Waals surface area contributed by atoms with Crippen molar-refractivity contribution in [1.82, 2.24) is 20.4 Å². The molecular formula is C17H22N4O3. The Kier molecular flexibility index (Phi) is 5.10. The van der Waals surface area contributed by atoms with E-state index in [1.807, 2.05) is 37.3 Å². The van der Waals surface area contributed by atoms with Gasteiger partial charge in [0.2, 0.25) is 11.7 Å². The Morgan fingerprint density at radius 1 is 1.42 bits per heavy atom. The summed E-state index contributed by atoms with van der Waals surface area (Å²) in [6.45, 7) is 2.67. The van der Waals surface area contributed by atoms with Crippen molar-refractivity contribution >= 4 is 6.03 Å². The largest absolute Gasteiger partial charge is 0.395 e. The third-order valence-electron chi connectivity index (χ3n) is 4.04.